The van der Waals surface area contributed by atoms with Crippen LogP contribution in [0.1, 0.15) is 91.4 Å². The van der Waals surface area contributed by atoms with E-state index in [0.29, 0.717) is 6.42 Å². The van der Waals surface area contributed by atoms with Crippen molar-refractivity contribution in [1.82, 2.24) is 0 Å². The molecule has 0 amide bonds. The van der Waals surface area contributed by atoms with E-state index in [0.717, 1.165) is 19.3 Å². The molecule has 1 rings (SSSR count). The molecule has 0 bridgehead atoms. The first kappa shape index (κ1) is 19.2. The third-order valence-electron chi connectivity index (χ3n) is 4.72. The molecule has 0 aromatic heterocycles. The van der Waals surface area contributed by atoms with Crippen molar-refractivity contribution in [2.45, 2.75) is 97.5 Å². The Kier molecular flexibility index (Phi) is 9.42. The van der Waals surface area contributed by atoms with E-state index in [-0.39, 0.29) is 23.8 Å². The van der Waals surface area contributed by atoms with Gasteiger partial charge in [-0.1, -0.05) is 65.2 Å². The van der Waals surface area contributed by atoms with Crippen LogP contribution < -0.4 is 0 Å². The molecule has 22 heavy (non-hydrogen) atoms. The zero-order valence-corrected chi connectivity index (χ0v) is 14.7. The first-order valence-electron chi connectivity index (χ1n) is 9.29. The van der Waals surface area contributed by atoms with Crippen molar-refractivity contribution < 1.29 is 14.3 Å². The summed E-state index contributed by atoms with van der Waals surface area (Å²) in [6.07, 6.45) is 12.5. The molecule has 128 valence electrons. The Bertz CT molecular complexity index is 338. The molecule has 1 heterocycles. The summed E-state index contributed by atoms with van der Waals surface area (Å²) in [5.41, 5.74) is 0. The zero-order chi connectivity index (χ0) is 16.4. The normalized spacial score (nSPS) is 25.0. The van der Waals surface area contributed by atoms with Gasteiger partial charge in [-0.2, -0.15) is 0 Å². The first-order valence-corrected chi connectivity index (χ1v) is 9.29. The fourth-order valence-electron chi connectivity index (χ4n) is 3.43. The van der Waals surface area contributed by atoms with Crippen LogP contribution in [-0.2, 0) is 14.3 Å². The van der Waals surface area contributed by atoms with E-state index in [4.69, 9.17) is 4.74 Å². The molecule has 0 radical (unpaired) electrons. The molecule has 3 heteroatoms. The van der Waals surface area contributed by atoms with Crippen LogP contribution in [0.4, 0.5) is 0 Å². The average molecular weight is 310 g/mol. The van der Waals surface area contributed by atoms with Gasteiger partial charge in [-0.15, -0.1) is 0 Å². The molecule has 1 aliphatic rings. The van der Waals surface area contributed by atoms with Crippen LogP contribution in [0.25, 0.3) is 0 Å². The number of hydrogen-bond donors (Lipinski definition) is 0. The Morgan fingerprint density at radius 2 is 1.55 bits per heavy atom. The predicted molar refractivity (Wildman–Crippen MR) is 89.7 cm³/mol. The molecule has 3 atom stereocenters. The van der Waals surface area contributed by atoms with Crippen LogP contribution in [0.15, 0.2) is 0 Å². The molecule has 0 saturated carbocycles. The smallest absolute Gasteiger partial charge is 0.317 e. The number of unbranched alkanes of at least 4 members (excludes halogenated alkanes) is 8. The van der Waals surface area contributed by atoms with Gasteiger partial charge in [0.05, 0.1) is 6.10 Å². The Morgan fingerprint density at radius 1 is 1.00 bits per heavy atom. The Hall–Kier alpha value is -0.860. The molecule has 1 fully saturated rings. The minimum absolute atomic E-state index is 0.0424. The van der Waals surface area contributed by atoms with E-state index < -0.39 is 5.92 Å². The van der Waals surface area contributed by atoms with Crippen LogP contribution in [0.2, 0.25) is 0 Å². The molecule has 3 nitrogen and oxygen atoms in total. The molecule has 1 saturated heterocycles. The molecule has 0 N–H and O–H groups in total. The van der Waals surface area contributed by atoms with Crippen molar-refractivity contribution >= 4 is 11.8 Å². The maximum atomic E-state index is 12.2. The van der Waals surface area contributed by atoms with E-state index in [1.807, 2.05) is 13.8 Å². The minimum Gasteiger partial charge on any atom is -0.462 e. The Morgan fingerprint density at radius 3 is 2.09 bits per heavy atom. The van der Waals surface area contributed by atoms with Crippen LogP contribution in [0.3, 0.4) is 0 Å². The van der Waals surface area contributed by atoms with E-state index >= 15 is 0 Å². The summed E-state index contributed by atoms with van der Waals surface area (Å²) in [6, 6.07) is 0. The minimum atomic E-state index is -0.509. The van der Waals surface area contributed by atoms with Gasteiger partial charge in [0.25, 0.3) is 0 Å². The number of carbonyl (C=O) groups is 2. The SMILES string of the molecule is CCCCCCCCCCCC(=O)[C@@H]1C(=O)O[C@@H](C)C[C@H]1C. The molecule has 0 aliphatic carbocycles. The molecule has 0 aromatic rings. The van der Waals surface area contributed by atoms with E-state index in [2.05, 4.69) is 6.92 Å². The van der Waals surface area contributed by atoms with E-state index in [9.17, 15) is 9.59 Å². The molecule has 0 spiro atoms. The molecule has 0 unspecified atom stereocenters. The number of rotatable bonds is 11. The van der Waals surface area contributed by atoms with Gasteiger partial charge in [0.1, 0.15) is 11.7 Å². The lowest BCUT2D eigenvalue weighted by Crippen LogP contribution is -2.40. The highest BCUT2D eigenvalue weighted by Crippen LogP contribution is 2.28. The maximum absolute atomic E-state index is 12.2. The topological polar surface area (TPSA) is 43.4 Å². The van der Waals surface area contributed by atoms with Crippen molar-refractivity contribution in [3.63, 3.8) is 0 Å². The quantitative estimate of drug-likeness (QED) is 0.304. The summed E-state index contributed by atoms with van der Waals surface area (Å²) in [4.78, 5) is 24.1. The summed E-state index contributed by atoms with van der Waals surface area (Å²) in [6.45, 7) is 6.13. The van der Waals surface area contributed by atoms with Gasteiger partial charge >= 0.3 is 5.97 Å². The predicted octanol–water partition coefficient (Wildman–Crippen LogP) is 5.06. The maximum Gasteiger partial charge on any atom is 0.317 e. The summed E-state index contributed by atoms with van der Waals surface area (Å²) >= 11 is 0. The Balaban J connectivity index is 2.09. The van der Waals surface area contributed by atoms with Gasteiger partial charge in [0, 0.05) is 6.42 Å². The number of Topliss-reactive ketones (excluding diaryl/α,β-unsaturated/α-hetero) is 1. The first-order chi connectivity index (χ1) is 10.6. The fourth-order valence-corrected chi connectivity index (χ4v) is 3.43. The second-order valence-electron chi connectivity index (χ2n) is 6.98. The van der Waals surface area contributed by atoms with E-state index in [1.165, 1.54) is 44.9 Å². The fraction of sp³-hybridized carbons (Fsp3) is 0.895. The number of carbonyl (C=O) groups excluding carboxylic acids is 2. The third kappa shape index (κ3) is 6.93. The zero-order valence-electron chi connectivity index (χ0n) is 14.7. The summed E-state index contributed by atoms with van der Waals surface area (Å²) in [5, 5.41) is 0. The monoisotopic (exact) mass is 310 g/mol. The van der Waals surface area contributed by atoms with Crippen LogP contribution >= 0.6 is 0 Å². The lowest BCUT2D eigenvalue weighted by Gasteiger charge is -2.30. The lowest BCUT2D eigenvalue weighted by molar-refractivity contribution is -0.165. The van der Waals surface area contributed by atoms with Gasteiger partial charge in [0.15, 0.2) is 0 Å². The number of ether oxygens (including phenoxy) is 1. The summed E-state index contributed by atoms with van der Waals surface area (Å²) in [7, 11) is 0. The van der Waals surface area contributed by atoms with Gasteiger partial charge in [-0.25, -0.2) is 0 Å². The summed E-state index contributed by atoms with van der Waals surface area (Å²) < 4.78 is 5.22. The molecular formula is C19H34O3. The second kappa shape index (κ2) is 10.8. The average Bonchev–Trinajstić information content (AvgIpc) is 2.44. The highest BCUT2D eigenvalue weighted by atomic mass is 16.5. The van der Waals surface area contributed by atoms with Crippen molar-refractivity contribution in [3.8, 4) is 0 Å². The number of hydrogen-bond acceptors (Lipinski definition) is 3. The number of esters is 1. The standard InChI is InChI=1S/C19H34O3/c1-4-5-6-7-8-9-10-11-12-13-17(20)18-15(2)14-16(3)22-19(18)21/h15-16,18H,4-14H2,1-3H3/t15-,16+,18-/m1/s1. The largest absolute Gasteiger partial charge is 0.462 e. The van der Waals surface area contributed by atoms with Crippen LogP contribution in [-0.4, -0.2) is 17.9 Å². The van der Waals surface area contributed by atoms with E-state index in [1.54, 1.807) is 0 Å². The van der Waals surface area contributed by atoms with Gasteiger partial charge in [-0.3, -0.25) is 9.59 Å². The number of ketones is 1. The van der Waals surface area contributed by atoms with Gasteiger partial charge < -0.3 is 4.74 Å². The lowest BCUT2D eigenvalue weighted by atomic mass is 9.82. The highest BCUT2D eigenvalue weighted by Gasteiger charge is 2.38. The molecular weight excluding hydrogens is 276 g/mol. The van der Waals surface area contributed by atoms with Crippen molar-refractivity contribution in [3.05, 3.63) is 0 Å². The van der Waals surface area contributed by atoms with Crippen molar-refractivity contribution in [2.24, 2.45) is 11.8 Å². The third-order valence-corrected chi connectivity index (χ3v) is 4.72. The van der Waals surface area contributed by atoms with Crippen molar-refractivity contribution in [2.75, 3.05) is 0 Å². The Labute approximate surface area is 136 Å². The van der Waals surface area contributed by atoms with Gasteiger partial charge in [-0.05, 0) is 25.7 Å². The molecule has 1 aliphatic heterocycles. The summed E-state index contributed by atoms with van der Waals surface area (Å²) in [5.74, 6) is -0.591. The highest BCUT2D eigenvalue weighted by molar-refractivity contribution is 5.99. The van der Waals surface area contributed by atoms with Crippen LogP contribution in [0.5, 0.6) is 0 Å². The van der Waals surface area contributed by atoms with Crippen LogP contribution in [0, 0.1) is 11.8 Å². The molecule has 0 aromatic carbocycles. The van der Waals surface area contributed by atoms with Gasteiger partial charge in [0.2, 0.25) is 0 Å². The number of cyclic esters (lactones) is 1. The second-order valence-corrected chi connectivity index (χ2v) is 6.98. The van der Waals surface area contributed by atoms with Crippen molar-refractivity contribution in [1.29, 1.82) is 0 Å².